The minimum Gasteiger partial charge on any atom is -0.418 e. The molecule has 31 heavy (non-hydrogen) atoms. The van der Waals surface area contributed by atoms with E-state index in [1.165, 1.54) is 18.2 Å². The van der Waals surface area contributed by atoms with E-state index in [0.717, 1.165) is 21.3 Å². The lowest BCUT2D eigenvalue weighted by atomic mass is 9.86. The highest BCUT2D eigenvalue weighted by molar-refractivity contribution is 7.90. The number of ether oxygens (including phenoxy) is 1. The molecule has 1 aliphatic carbocycles. The molecular weight excluding hydrogens is 433 g/mol. The molecule has 3 aromatic rings. The van der Waals surface area contributed by atoms with Crippen LogP contribution in [0.1, 0.15) is 23.1 Å². The Balaban J connectivity index is 1.96. The van der Waals surface area contributed by atoms with Crippen LogP contribution in [0.4, 0.5) is 13.2 Å². The van der Waals surface area contributed by atoms with Crippen LogP contribution in [0.3, 0.4) is 0 Å². The number of nitrogens with zero attached hydrogens (tertiary/aromatic N) is 1. The maximum atomic E-state index is 13.3. The highest BCUT2D eigenvalue weighted by Gasteiger charge is 2.42. The van der Waals surface area contributed by atoms with E-state index in [4.69, 9.17) is 5.73 Å². The number of carbonyl (C=O) groups is 1. The Kier molecular flexibility index (Phi) is 5.09. The molecule has 0 bridgehead atoms. The van der Waals surface area contributed by atoms with E-state index in [0.29, 0.717) is 24.8 Å². The number of hydrogen-bond acceptors (Lipinski definition) is 5. The number of benzene rings is 2. The fourth-order valence-corrected chi connectivity index (χ4v) is 5.16. The molecule has 1 heterocycles. The fraction of sp³-hybridized carbons (Fsp3) is 0.286. The second-order valence-corrected chi connectivity index (χ2v) is 9.41. The summed E-state index contributed by atoms with van der Waals surface area (Å²) >= 11 is 0. The van der Waals surface area contributed by atoms with Crippen molar-refractivity contribution in [2.45, 2.75) is 43.3 Å². The van der Waals surface area contributed by atoms with Gasteiger partial charge < -0.3 is 10.5 Å². The summed E-state index contributed by atoms with van der Waals surface area (Å²) in [6, 6.07) is 9.06. The van der Waals surface area contributed by atoms with Gasteiger partial charge in [0.05, 0.1) is 16.6 Å². The van der Waals surface area contributed by atoms with Gasteiger partial charge in [0, 0.05) is 11.4 Å². The number of hydrogen-bond donors (Lipinski definition) is 1. The lowest BCUT2D eigenvalue weighted by Crippen LogP contribution is -2.29. The first kappa shape index (κ1) is 21.4. The van der Waals surface area contributed by atoms with Crippen LogP contribution in [0, 0.1) is 6.92 Å². The van der Waals surface area contributed by atoms with Crippen LogP contribution in [0.25, 0.3) is 10.9 Å². The molecule has 6 nitrogen and oxygen atoms in total. The quantitative estimate of drug-likeness (QED) is 0.615. The Morgan fingerprint density at radius 2 is 1.84 bits per heavy atom. The van der Waals surface area contributed by atoms with E-state index in [2.05, 4.69) is 4.74 Å². The van der Waals surface area contributed by atoms with Crippen LogP contribution in [-0.4, -0.2) is 30.6 Å². The lowest BCUT2D eigenvalue weighted by Gasteiger charge is -2.22. The van der Waals surface area contributed by atoms with Crippen LogP contribution < -0.4 is 10.5 Å². The van der Waals surface area contributed by atoms with E-state index in [1.807, 2.05) is 0 Å². The van der Waals surface area contributed by atoms with E-state index < -0.39 is 27.9 Å². The first-order valence-electron chi connectivity index (χ1n) is 9.51. The first-order chi connectivity index (χ1) is 14.5. The van der Waals surface area contributed by atoms with Gasteiger partial charge in [-0.15, -0.1) is 0 Å². The van der Waals surface area contributed by atoms with Gasteiger partial charge in [-0.3, -0.25) is 0 Å². The fourth-order valence-electron chi connectivity index (χ4n) is 3.81. The van der Waals surface area contributed by atoms with Gasteiger partial charge in [-0.05, 0) is 55.5 Å². The van der Waals surface area contributed by atoms with Gasteiger partial charge in [0.25, 0.3) is 10.0 Å². The molecule has 1 atom stereocenters. The molecule has 164 valence electrons. The number of nitrogens with two attached hydrogens (primary N) is 1. The van der Waals surface area contributed by atoms with Gasteiger partial charge >= 0.3 is 12.1 Å². The molecule has 2 aromatic carbocycles. The van der Waals surface area contributed by atoms with Crippen LogP contribution in [0.2, 0.25) is 0 Å². The van der Waals surface area contributed by atoms with Gasteiger partial charge in [0.1, 0.15) is 0 Å². The summed E-state index contributed by atoms with van der Waals surface area (Å²) in [5.41, 5.74) is 8.45. The molecule has 0 amide bonds. The minimum atomic E-state index is -5.23. The zero-order valence-electron chi connectivity index (χ0n) is 16.4. The van der Waals surface area contributed by atoms with Crippen LogP contribution >= 0.6 is 0 Å². The molecule has 1 aliphatic rings. The molecule has 1 unspecified atom stereocenters. The summed E-state index contributed by atoms with van der Waals surface area (Å²) in [5, 5.41) is 0.154. The molecule has 0 saturated carbocycles. The largest absolute Gasteiger partial charge is 0.491 e. The SMILES string of the molecule is Cc1ccc(S(=O)(=O)n2cc(OC(=O)C(F)(F)F)c3c4c(ccc32)CCC(N)C4)cc1. The van der Waals surface area contributed by atoms with Crippen molar-refractivity contribution in [3.63, 3.8) is 0 Å². The second kappa shape index (κ2) is 7.38. The summed E-state index contributed by atoms with van der Waals surface area (Å²) in [6.45, 7) is 1.80. The van der Waals surface area contributed by atoms with Gasteiger partial charge in [0.2, 0.25) is 0 Å². The molecule has 1 aromatic heterocycles. The third-order valence-electron chi connectivity index (χ3n) is 5.37. The average molecular weight is 452 g/mol. The zero-order valence-corrected chi connectivity index (χ0v) is 17.3. The van der Waals surface area contributed by atoms with Crippen molar-refractivity contribution in [3.05, 3.63) is 59.3 Å². The maximum Gasteiger partial charge on any atom is 0.491 e. The molecule has 0 saturated heterocycles. The van der Waals surface area contributed by atoms with E-state index in [9.17, 15) is 26.4 Å². The van der Waals surface area contributed by atoms with Crippen molar-refractivity contribution < 1.29 is 31.1 Å². The summed E-state index contributed by atoms with van der Waals surface area (Å²) in [5.74, 6) is -2.88. The first-order valence-corrected chi connectivity index (χ1v) is 10.9. The predicted octanol–water partition coefficient (Wildman–Crippen LogP) is 3.47. The maximum absolute atomic E-state index is 13.3. The minimum absolute atomic E-state index is 0.0434. The van der Waals surface area contributed by atoms with Gasteiger partial charge in [0.15, 0.2) is 5.75 Å². The standard InChI is InChI=1S/C21H19F3N2O4S/c1-12-2-7-15(8-3-12)31(28,29)26-11-18(30-20(27)21(22,23)24)19-16-10-14(25)6-4-13(16)5-9-17(19)26/h2-3,5,7-9,11,14H,4,6,10,25H2,1H3. The number of fused-ring (bicyclic) bond motifs is 3. The highest BCUT2D eigenvalue weighted by atomic mass is 32.2. The molecular formula is C21H19F3N2O4S. The normalized spacial score (nSPS) is 16.9. The van der Waals surface area contributed by atoms with Gasteiger partial charge in [-0.25, -0.2) is 17.2 Å². The Morgan fingerprint density at radius 3 is 2.48 bits per heavy atom. The number of alkyl halides is 3. The summed E-state index contributed by atoms with van der Waals surface area (Å²) < 4.78 is 70.6. The van der Waals surface area contributed by atoms with Crippen molar-refractivity contribution in [1.82, 2.24) is 3.97 Å². The molecule has 0 aliphatic heterocycles. The summed E-state index contributed by atoms with van der Waals surface area (Å²) in [6.07, 6.45) is -2.69. The number of halogens is 3. The Hall–Kier alpha value is -2.85. The number of rotatable bonds is 3. The van der Waals surface area contributed by atoms with Gasteiger partial charge in [-0.2, -0.15) is 13.2 Å². The third-order valence-corrected chi connectivity index (χ3v) is 7.06. The van der Waals surface area contributed by atoms with Crippen LogP contribution in [0.5, 0.6) is 5.75 Å². The number of aromatic nitrogens is 1. The number of aryl methyl sites for hydroxylation is 2. The van der Waals surface area contributed by atoms with Crippen LogP contribution in [-0.2, 0) is 27.7 Å². The Labute approximate surface area is 176 Å². The summed E-state index contributed by atoms with van der Waals surface area (Å²) in [4.78, 5) is 11.5. The Morgan fingerprint density at radius 1 is 1.16 bits per heavy atom. The topological polar surface area (TPSA) is 91.4 Å². The second-order valence-electron chi connectivity index (χ2n) is 7.59. The van der Waals surface area contributed by atoms with Crippen molar-refractivity contribution >= 4 is 26.9 Å². The molecule has 10 heteroatoms. The van der Waals surface area contributed by atoms with Crippen molar-refractivity contribution in [2.75, 3.05) is 0 Å². The average Bonchev–Trinajstić information content (AvgIpc) is 3.07. The predicted molar refractivity (Wildman–Crippen MR) is 107 cm³/mol. The van der Waals surface area contributed by atoms with Crippen molar-refractivity contribution in [3.8, 4) is 5.75 Å². The van der Waals surface area contributed by atoms with E-state index in [-0.39, 0.29) is 21.8 Å². The van der Waals surface area contributed by atoms with E-state index in [1.54, 1.807) is 25.1 Å². The monoisotopic (exact) mass is 452 g/mol. The lowest BCUT2D eigenvalue weighted by molar-refractivity contribution is -0.189. The Bertz CT molecular complexity index is 1280. The zero-order chi connectivity index (χ0) is 22.6. The third kappa shape index (κ3) is 3.81. The smallest absolute Gasteiger partial charge is 0.418 e. The molecule has 0 fully saturated rings. The molecule has 0 radical (unpaired) electrons. The number of esters is 1. The van der Waals surface area contributed by atoms with E-state index >= 15 is 0 Å². The summed E-state index contributed by atoms with van der Waals surface area (Å²) in [7, 11) is -4.16. The van der Waals surface area contributed by atoms with Crippen molar-refractivity contribution in [1.29, 1.82) is 0 Å². The number of carbonyl (C=O) groups excluding carboxylic acids is 1. The van der Waals surface area contributed by atoms with Gasteiger partial charge in [-0.1, -0.05) is 23.8 Å². The van der Waals surface area contributed by atoms with Crippen LogP contribution in [0.15, 0.2) is 47.5 Å². The molecule has 2 N–H and O–H groups in total. The highest BCUT2D eigenvalue weighted by Crippen LogP contribution is 2.39. The molecule has 4 rings (SSSR count). The van der Waals surface area contributed by atoms with Crippen molar-refractivity contribution in [2.24, 2.45) is 5.73 Å². The molecule has 0 spiro atoms.